The first-order valence-corrected chi connectivity index (χ1v) is 10.6. The van der Waals surface area contributed by atoms with E-state index in [0.29, 0.717) is 11.6 Å². The monoisotopic (exact) mass is 408 g/mol. The number of pyridine rings is 1. The Morgan fingerprint density at radius 3 is 2.60 bits per heavy atom. The molecule has 4 heterocycles. The molecule has 158 valence electrons. The summed E-state index contributed by atoms with van der Waals surface area (Å²) in [5.74, 6) is -0.885. The minimum atomic E-state index is -0.885. The van der Waals surface area contributed by atoms with Gasteiger partial charge in [0.15, 0.2) is 0 Å². The van der Waals surface area contributed by atoms with Gasteiger partial charge in [-0.05, 0) is 35.7 Å². The Labute approximate surface area is 176 Å². The van der Waals surface area contributed by atoms with E-state index in [-0.39, 0.29) is 11.6 Å². The van der Waals surface area contributed by atoms with E-state index in [0.717, 1.165) is 57.8 Å². The molecule has 1 aromatic heterocycles. The summed E-state index contributed by atoms with van der Waals surface area (Å²) >= 11 is 0. The van der Waals surface area contributed by atoms with Crippen LogP contribution in [0.2, 0.25) is 0 Å². The Morgan fingerprint density at radius 2 is 1.83 bits per heavy atom. The summed E-state index contributed by atoms with van der Waals surface area (Å²) in [4.78, 5) is 22.9. The van der Waals surface area contributed by atoms with Gasteiger partial charge in [-0.2, -0.15) is 0 Å². The predicted molar refractivity (Wildman–Crippen MR) is 112 cm³/mol. The van der Waals surface area contributed by atoms with Crippen LogP contribution >= 0.6 is 0 Å². The zero-order valence-corrected chi connectivity index (χ0v) is 17.0. The molecule has 3 aliphatic rings. The Morgan fingerprint density at radius 1 is 1.07 bits per heavy atom. The molecule has 0 saturated carbocycles. The number of piperazine rings is 1. The molecule has 3 aliphatic heterocycles. The van der Waals surface area contributed by atoms with Crippen molar-refractivity contribution in [1.29, 1.82) is 0 Å². The number of hydrogen-bond donors (Lipinski definition) is 2. The lowest BCUT2D eigenvalue weighted by atomic mass is 9.83. The topological polar surface area (TPSA) is 80.1 Å². The quantitative estimate of drug-likeness (QED) is 0.772. The minimum Gasteiger partial charge on any atom is -0.478 e. The lowest BCUT2D eigenvalue weighted by Crippen LogP contribution is -2.77. The number of fused-ring (bicyclic) bond motifs is 2. The van der Waals surface area contributed by atoms with E-state index >= 15 is 0 Å². The highest BCUT2D eigenvalue weighted by atomic mass is 16.4. The first-order chi connectivity index (χ1) is 14.5. The fraction of sp³-hybridized carbons (Fsp3) is 0.478. The molecule has 30 heavy (non-hydrogen) atoms. The number of β-amino-alcohol motifs (C(OH)–C–C–N with tert-alkyl or cyclic N) is 1. The highest BCUT2D eigenvalue weighted by molar-refractivity contribution is 5.87. The van der Waals surface area contributed by atoms with Gasteiger partial charge in [0.25, 0.3) is 0 Å². The maximum absolute atomic E-state index is 11.3. The molecule has 5 rings (SSSR count). The Kier molecular flexibility index (Phi) is 5.06. The van der Waals surface area contributed by atoms with E-state index in [1.54, 1.807) is 18.3 Å². The number of carbonyl (C=O) groups is 1. The SMILES string of the molecule is O=C(O)c1cccc(CN2CC3(CN(Cc4cccnc4)C[C@H]4C[C@@H](O)CN43)C2)c1. The van der Waals surface area contributed by atoms with Gasteiger partial charge >= 0.3 is 5.97 Å². The minimum absolute atomic E-state index is 0.0625. The molecule has 1 spiro atoms. The number of rotatable bonds is 5. The van der Waals surface area contributed by atoms with Crippen molar-refractivity contribution < 1.29 is 15.0 Å². The molecule has 1 aromatic carbocycles. The fourth-order valence-electron chi connectivity index (χ4n) is 5.63. The van der Waals surface area contributed by atoms with E-state index in [1.165, 1.54) is 5.56 Å². The zero-order chi connectivity index (χ0) is 20.7. The number of carboxylic acids is 1. The number of benzene rings is 1. The van der Waals surface area contributed by atoms with E-state index in [4.69, 9.17) is 0 Å². The lowest BCUT2D eigenvalue weighted by molar-refractivity contribution is -0.118. The average molecular weight is 409 g/mol. The molecule has 2 aromatic rings. The van der Waals surface area contributed by atoms with Gasteiger partial charge in [0.1, 0.15) is 0 Å². The summed E-state index contributed by atoms with van der Waals surface area (Å²) in [5.41, 5.74) is 2.66. The second kappa shape index (κ2) is 7.74. The third-order valence-electron chi connectivity index (χ3n) is 6.73. The van der Waals surface area contributed by atoms with E-state index in [1.807, 2.05) is 24.4 Å². The highest BCUT2D eigenvalue weighted by Crippen LogP contribution is 2.39. The molecule has 2 N–H and O–H groups in total. The fourth-order valence-corrected chi connectivity index (χ4v) is 5.63. The molecule has 0 bridgehead atoms. The van der Waals surface area contributed by atoms with Crippen molar-refractivity contribution in [3.8, 4) is 0 Å². The van der Waals surface area contributed by atoms with Crippen LogP contribution < -0.4 is 0 Å². The third kappa shape index (κ3) is 3.74. The van der Waals surface area contributed by atoms with Crippen LogP contribution in [-0.2, 0) is 13.1 Å². The van der Waals surface area contributed by atoms with Gasteiger partial charge in [0.2, 0.25) is 0 Å². The molecule has 2 atom stereocenters. The molecule has 0 aliphatic carbocycles. The Balaban J connectivity index is 1.29. The summed E-state index contributed by atoms with van der Waals surface area (Å²) in [6.45, 7) is 6.25. The molecule has 3 saturated heterocycles. The number of aliphatic hydroxyl groups excluding tert-OH is 1. The molecular formula is C23H28N4O3. The number of nitrogens with zero attached hydrogens (tertiary/aromatic N) is 4. The summed E-state index contributed by atoms with van der Waals surface area (Å²) in [7, 11) is 0. The van der Waals surface area contributed by atoms with Crippen LogP contribution in [0.1, 0.15) is 27.9 Å². The molecule has 3 fully saturated rings. The summed E-state index contributed by atoms with van der Waals surface area (Å²) in [6, 6.07) is 11.7. The van der Waals surface area contributed by atoms with Gasteiger partial charge in [-0.3, -0.25) is 19.7 Å². The number of carboxylic acid groups (broad SMARTS) is 1. The van der Waals surface area contributed by atoms with Crippen molar-refractivity contribution in [3.63, 3.8) is 0 Å². The van der Waals surface area contributed by atoms with Crippen molar-refractivity contribution in [2.24, 2.45) is 0 Å². The van der Waals surface area contributed by atoms with E-state index < -0.39 is 5.97 Å². The van der Waals surface area contributed by atoms with Crippen LogP contribution in [-0.4, -0.2) is 86.3 Å². The van der Waals surface area contributed by atoms with Gasteiger partial charge in [0, 0.05) is 64.2 Å². The van der Waals surface area contributed by atoms with E-state index in [2.05, 4.69) is 25.8 Å². The predicted octanol–water partition coefficient (Wildman–Crippen LogP) is 1.29. The van der Waals surface area contributed by atoms with Gasteiger partial charge in [0.05, 0.1) is 17.2 Å². The first-order valence-electron chi connectivity index (χ1n) is 10.6. The van der Waals surface area contributed by atoms with Crippen LogP contribution in [0.5, 0.6) is 0 Å². The molecule has 7 nitrogen and oxygen atoms in total. The standard InChI is InChI=1S/C23H28N4O3/c28-21-8-20-12-25(11-18-4-2-6-24-9-18)14-23(27(20)13-21)15-26(16-23)10-17-3-1-5-19(7-17)22(29)30/h1-7,9,20-21,28H,8,10-16H2,(H,29,30)/t20-,21-/m1/s1. The number of hydrogen-bond acceptors (Lipinski definition) is 6. The number of aromatic carboxylic acids is 1. The van der Waals surface area contributed by atoms with Gasteiger partial charge in [-0.15, -0.1) is 0 Å². The Hall–Kier alpha value is -2.32. The maximum Gasteiger partial charge on any atom is 0.335 e. The number of aliphatic hydroxyl groups is 1. The Bertz CT molecular complexity index is 916. The molecule has 0 amide bonds. The zero-order valence-electron chi connectivity index (χ0n) is 17.0. The smallest absolute Gasteiger partial charge is 0.335 e. The second-order valence-electron chi connectivity index (χ2n) is 9.10. The molecule has 0 radical (unpaired) electrons. The van der Waals surface area contributed by atoms with Gasteiger partial charge < -0.3 is 10.2 Å². The van der Waals surface area contributed by atoms with Crippen LogP contribution in [0.25, 0.3) is 0 Å². The summed E-state index contributed by atoms with van der Waals surface area (Å²) in [5, 5.41) is 19.6. The van der Waals surface area contributed by atoms with Gasteiger partial charge in [-0.1, -0.05) is 18.2 Å². The maximum atomic E-state index is 11.3. The van der Waals surface area contributed by atoms with Crippen LogP contribution in [0.4, 0.5) is 0 Å². The molecule has 0 unspecified atom stereocenters. The van der Waals surface area contributed by atoms with E-state index in [9.17, 15) is 15.0 Å². The van der Waals surface area contributed by atoms with Crippen molar-refractivity contribution in [3.05, 3.63) is 65.5 Å². The molecule has 7 heteroatoms. The van der Waals surface area contributed by atoms with Crippen molar-refractivity contribution in [2.75, 3.05) is 32.7 Å². The second-order valence-corrected chi connectivity index (χ2v) is 9.10. The van der Waals surface area contributed by atoms with Crippen molar-refractivity contribution >= 4 is 5.97 Å². The molecular weight excluding hydrogens is 380 g/mol. The van der Waals surface area contributed by atoms with Crippen LogP contribution in [0, 0.1) is 0 Å². The van der Waals surface area contributed by atoms with Crippen molar-refractivity contribution in [2.45, 2.75) is 37.2 Å². The van der Waals surface area contributed by atoms with Crippen LogP contribution in [0.3, 0.4) is 0 Å². The van der Waals surface area contributed by atoms with Gasteiger partial charge in [-0.25, -0.2) is 4.79 Å². The van der Waals surface area contributed by atoms with Crippen LogP contribution in [0.15, 0.2) is 48.8 Å². The van der Waals surface area contributed by atoms with Crippen molar-refractivity contribution in [1.82, 2.24) is 19.7 Å². The third-order valence-corrected chi connectivity index (χ3v) is 6.73. The average Bonchev–Trinajstić information content (AvgIpc) is 3.08. The number of likely N-dealkylation sites (tertiary alicyclic amines) is 1. The normalized spacial score (nSPS) is 26.4. The largest absolute Gasteiger partial charge is 0.478 e. The lowest BCUT2D eigenvalue weighted by Gasteiger charge is -2.61. The summed E-state index contributed by atoms with van der Waals surface area (Å²) < 4.78 is 0. The summed E-state index contributed by atoms with van der Waals surface area (Å²) in [6.07, 6.45) is 4.34. The highest BCUT2D eigenvalue weighted by Gasteiger charge is 2.55. The number of aromatic nitrogens is 1. The first kappa shape index (κ1) is 19.6.